The van der Waals surface area contributed by atoms with Crippen molar-refractivity contribution in [2.24, 2.45) is 5.92 Å². The molecule has 1 aliphatic rings. The van der Waals surface area contributed by atoms with Gasteiger partial charge in [-0.25, -0.2) is 0 Å². The molecule has 1 saturated heterocycles. The molecule has 4 nitrogen and oxygen atoms in total. The number of nitrogens with two attached hydrogens (primary N) is 1. The van der Waals surface area contributed by atoms with Gasteiger partial charge < -0.3 is 16.0 Å². The van der Waals surface area contributed by atoms with Crippen molar-refractivity contribution in [2.45, 2.75) is 6.42 Å². The quantitative estimate of drug-likeness (QED) is 0.836. The lowest BCUT2D eigenvalue weighted by atomic mass is 10.1. The minimum atomic E-state index is -0.0660. The molecule has 1 atom stereocenters. The van der Waals surface area contributed by atoms with Crippen LogP contribution in [0.3, 0.4) is 0 Å². The summed E-state index contributed by atoms with van der Waals surface area (Å²) in [5.41, 5.74) is 6.95. The zero-order chi connectivity index (χ0) is 13.1. The number of nitrogens with zero attached hydrogens (tertiary/aromatic N) is 1. The Labute approximate surface area is 116 Å². The molecule has 2 rings (SSSR count). The SMILES string of the molecule is CN1CCC(CNC(=O)c2cccc(N)c2Br)C1. The lowest BCUT2D eigenvalue weighted by molar-refractivity contribution is 0.0947. The second-order valence-corrected chi connectivity index (χ2v) is 5.63. The highest BCUT2D eigenvalue weighted by molar-refractivity contribution is 9.10. The van der Waals surface area contributed by atoms with E-state index in [0.29, 0.717) is 21.6 Å². The third kappa shape index (κ3) is 3.03. The fourth-order valence-corrected chi connectivity index (χ4v) is 2.69. The minimum absolute atomic E-state index is 0.0660. The topological polar surface area (TPSA) is 58.4 Å². The number of hydrogen-bond donors (Lipinski definition) is 2. The Kier molecular flexibility index (Phi) is 4.24. The molecule has 3 N–H and O–H groups in total. The Morgan fingerprint density at radius 1 is 1.61 bits per heavy atom. The smallest absolute Gasteiger partial charge is 0.252 e. The van der Waals surface area contributed by atoms with Crippen molar-refractivity contribution in [3.63, 3.8) is 0 Å². The zero-order valence-electron chi connectivity index (χ0n) is 10.4. The average molecular weight is 312 g/mol. The molecular weight excluding hydrogens is 294 g/mol. The lowest BCUT2D eigenvalue weighted by Gasteiger charge is -2.12. The number of benzene rings is 1. The standard InChI is InChI=1S/C13H18BrN3O/c1-17-6-5-9(8-17)7-16-13(18)10-3-2-4-11(15)12(10)14/h2-4,9H,5-8,15H2,1H3,(H,16,18). The maximum absolute atomic E-state index is 12.0. The Morgan fingerprint density at radius 2 is 2.39 bits per heavy atom. The summed E-state index contributed by atoms with van der Waals surface area (Å²) in [7, 11) is 2.11. The van der Waals surface area contributed by atoms with Gasteiger partial charge in [-0.3, -0.25) is 4.79 Å². The van der Waals surface area contributed by atoms with Crippen molar-refractivity contribution < 1.29 is 4.79 Å². The van der Waals surface area contributed by atoms with Crippen LogP contribution in [0.15, 0.2) is 22.7 Å². The zero-order valence-corrected chi connectivity index (χ0v) is 12.0. The number of halogens is 1. The summed E-state index contributed by atoms with van der Waals surface area (Å²) in [5, 5.41) is 2.98. The number of carbonyl (C=O) groups is 1. The van der Waals surface area contributed by atoms with E-state index in [1.807, 2.05) is 0 Å². The van der Waals surface area contributed by atoms with E-state index >= 15 is 0 Å². The number of amides is 1. The third-order valence-corrected chi connectivity index (χ3v) is 4.20. The van der Waals surface area contributed by atoms with Crippen LogP contribution >= 0.6 is 15.9 Å². The molecule has 1 aliphatic heterocycles. The highest BCUT2D eigenvalue weighted by atomic mass is 79.9. The van der Waals surface area contributed by atoms with Gasteiger partial charge in [-0.05, 0) is 54.0 Å². The van der Waals surface area contributed by atoms with Gasteiger partial charge in [-0.15, -0.1) is 0 Å². The largest absolute Gasteiger partial charge is 0.398 e. The summed E-state index contributed by atoms with van der Waals surface area (Å²) in [4.78, 5) is 14.3. The molecule has 1 fully saturated rings. The van der Waals surface area contributed by atoms with Gasteiger partial charge in [0.25, 0.3) is 5.91 Å². The van der Waals surface area contributed by atoms with E-state index in [2.05, 4.69) is 33.2 Å². The molecule has 0 aromatic heterocycles. The molecule has 5 heteroatoms. The predicted octanol–water partition coefficient (Wildman–Crippen LogP) is 1.71. The van der Waals surface area contributed by atoms with E-state index in [9.17, 15) is 4.79 Å². The molecule has 0 aliphatic carbocycles. The Bertz CT molecular complexity index is 450. The van der Waals surface area contributed by atoms with E-state index in [4.69, 9.17) is 5.73 Å². The Morgan fingerprint density at radius 3 is 3.06 bits per heavy atom. The van der Waals surface area contributed by atoms with Gasteiger partial charge in [0.2, 0.25) is 0 Å². The Balaban J connectivity index is 1.94. The number of hydrogen-bond acceptors (Lipinski definition) is 3. The Hall–Kier alpha value is -1.07. The summed E-state index contributed by atoms with van der Waals surface area (Å²) >= 11 is 3.35. The molecule has 98 valence electrons. The first-order valence-electron chi connectivity index (χ1n) is 6.08. The van der Waals surface area contributed by atoms with Gasteiger partial charge in [0.05, 0.1) is 10.0 Å². The van der Waals surface area contributed by atoms with E-state index in [1.54, 1.807) is 18.2 Å². The van der Waals surface area contributed by atoms with Crippen LogP contribution in [0.1, 0.15) is 16.8 Å². The van der Waals surface area contributed by atoms with E-state index in [1.165, 1.54) is 0 Å². The lowest BCUT2D eigenvalue weighted by Crippen LogP contribution is -2.30. The molecule has 18 heavy (non-hydrogen) atoms. The summed E-state index contributed by atoms with van der Waals surface area (Å²) in [6.45, 7) is 2.89. The van der Waals surface area contributed by atoms with Gasteiger partial charge in [0.1, 0.15) is 0 Å². The maximum Gasteiger partial charge on any atom is 0.252 e. The van der Waals surface area contributed by atoms with E-state index in [-0.39, 0.29) is 5.91 Å². The van der Waals surface area contributed by atoms with Crippen molar-refractivity contribution in [3.8, 4) is 0 Å². The molecule has 0 radical (unpaired) electrons. The van der Waals surface area contributed by atoms with Crippen LogP contribution in [0.4, 0.5) is 5.69 Å². The van der Waals surface area contributed by atoms with Gasteiger partial charge in [0.15, 0.2) is 0 Å². The molecule has 0 saturated carbocycles. The van der Waals surface area contributed by atoms with Crippen LogP contribution in [0, 0.1) is 5.92 Å². The van der Waals surface area contributed by atoms with E-state index in [0.717, 1.165) is 26.1 Å². The maximum atomic E-state index is 12.0. The first kappa shape index (κ1) is 13.4. The van der Waals surface area contributed by atoms with Crippen LogP contribution in [-0.2, 0) is 0 Å². The number of nitrogen functional groups attached to an aromatic ring is 1. The molecular formula is C13H18BrN3O. The molecule has 1 unspecified atom stereocenters. The van der Waals surface area contributed by atoms with Gasteiger partial charge in [-0.1, -0.05) is 6.07 Å². The third-order valence-electron chi connectivity index (χ3n) is 3.31. The van der Waals surface area contributed by atoms with E-state index < -0.39 is 0 Å². The first-order valence-corrected chi connectivity index (χ1v) is 6.88. The van der Waals surface area contributed by atoms with Crippen LogP contribution < -0.4 is 11.1 Å². The fraction of sp³-hybridized carbons (Fsp3) is 0.462. The van der Waals surface area contributed by atoms with Crippen LogP contribution in [0.2, 0.25) is 0 Å². The summed E-state index contributed by atoms with van der Waals surface area (Å²) in [6.07, 6.45) is 1.15. The minimum Gasteiger partial charge on any atom is -0.398 e. The molecule has 0 bridgehead atoms. The number of carbonyl (C=O) groups excluding carboxylic acids is 1. The highest BCUT2D eigenvalue weighted by Gasteiger charge is 2.20. The summed E-state index contributed by atoms with van der Waals surface area (Å²) < 4.78 is 0.672. The second kappa shape index (κ2) is 5.71. The monoisotopic (exact) mass is 311 g/mol. The first-order chi connectivity index (χ1) is 8.58. The van der Waals surface area contributed by atoms with Gasteiger partial charge in [0, 0.05) is 18.8 Å². The molecule has 1 heterocycles. The van der Waals surface area contributed by atoms with Crippen LogP contribution in [-0.4, -0.2) is 37.5 Å². The van der Waals surface area contributed by atoms with Gasteiger partial charge in [-0.2, -0.15) is 0 Å². The summed E-state index contributed by atoms with van der Waals surface area (Å²) in [5.74, 6) is 0.488. The molecule has 1 amide bonds. The summed E-state index contributed by atoms with van der Waals surface area (Å²) in [6, 6.07) is 5.34. The number of anilines is 1. The normalized spacial score (nSPS) is 20.0. The molecule has 0 spiro atoms. The van der Waals surface area contributed by atoms with Gasteiger partial charge >= 0.3 is 0 Å². The van der Waals surface area contributed by atoms with Crippen molar-refractivity contribution in [2.75, 3.05) is 32.4 Å². The van der Waals surface area contributed by atoms with Crippen molar-refractivity contribution in [1.29, 1.82) is 0 Å². The second-order valence-electron chi connectivity index (χ2n) is 4.84. The molecule has 1 aromatic carbocycles. The predicted molar refractivity (Wildman–Crippen MR) is 76.5 cm³/mol. The highest BCUT2D eigenvalue weighted by Crippen LogP contribution is 2.23. The van der Waals surface area contributed by atoms with Crippen molar-refractivity contribution in [3.05, 3.63) is 28.2 Å². The number of nitrogens with one attached hydrogen (secondary N) is 1. The molecule has 1 aromatic rings. The van der Waals surface area contributed by atoms with Crippen LogP contribution in [0.25, 0.3) is 0 Å². The van der Waals surface area contributed by atoms with Crippen molar-refractivity contribution >= 4 is 27.5 Å². The van der Waals surface area contributed by atoms with Crippen molar-refractivity contribution in [1.82, 2.24) is 10.2 Å². The van der Waals surface area contributed by atoms with Crippen LogP contribution in [0.5, 0.6) is 0 Å². The fourth-order valence-electron chi connectivity index (χ4n) is 2.25. The number of rotatable bonds is 3. The average Bonchev–Trinajstić information content (AvgIpc) is 2.76. The number of likely N-dealkylation sites (tertiary alicyclic amines) is 1.